The van der Waals surface area contributed by atoms with Crippen LogP contribution in [0, 0.1) is 0 Å². The van der Waals surface area contributed by atoms with E-state index in [9.17, 15) is 28.0 Å². The number of carbonyl (C=O) groups is 1. The monoisotopic (exact) mass is 455 g/mol. The van der Waals surface area contributed by atoms with E-state index in [2.05, 4.69) is 24.1 Å². The van der Waals surface area contributed by atoms with E-state index in [1.165, 1.54) is 0 Å². The molecule has 0 radical (unpaired) electrons. The van der Waals surface area contributed by atoms with Gasteiger partial charge >= 0.3 is 29.6 Å². The molecule has 0 spiro atoms. The summed E-state index contributed by atoms with van der Waals surface area (Å²) >= 11 is 0. The number of aliphatic imine (C=N–C) groups is 1. The van der Waals surface area contributed by atoms with Gasteiger partial charge in [0.1, 0.15) is 25.7 Å². The average Bonchev–Trinajstić information content (AvgIpc) is 3.01. The first-order valence-corrected chi connectivity index (χ1v) is 12.1. The van der Waals surface area contributed by atoms with Gasteiger partial charge in [0.15, 0.2) is 0 Å². The third-order valence-electron chi connectivity index (χ3n) is 5.15. The number of allylic oxidation sites excluding steroid dienone is 2. The maximum atomic E-state index is 12.7. The van der Waals surface area contributed by atoms with Gasteiger partial charge in [0.05, 0.1) is 29.0 Å². The van der Waals surface area contributed by atoms with Crippen molar-refractivity contribution in [2.24, 2.45) is 4.99 Å². The Bertz CT molecular complexity index is 668. The number of aliphatic hydroxyl groups excluding tert-OH is 2. The van der Waals surface area contributed by atoms with Crippen LogP contribution in [0.15, 0.2) is 17.1 Å². The molecule has 2 atom stereocenters. The van der Waals surface area contributed by atoms with E-state index in [0.29, 0.717) is 19.5 Å². The molecule has 30 heavy (non-hydrogen) atoms. The number of quaternary nitrogens is 1. The summed E-state index contributed by atoms with van der Waals surface area (Å²) in [4.78, 5) is 17.0. The third kappa shape index (κ3) is 11.5. The molecule has 0 aromatic carbocycles. The number of Topliss-reactive ketones (excluding diaryl/α,β-unsaturated/α-hetero) is 1. The van der Waals surface area contributed by atoms with Gasteiger partial charge < -0.3 is 14.8 Å². The van der Waals surface area contributed by atoms with E-state index in [1.807, 2.05) is 0 Å². The molecule has 0 aliphatic carbocycles. The standard InChI is InChI=1S/C20H36N2O6S.Na/c1-2-3-4-5-6-7-8-9-10-11-19(25)20-21-12-13-22(20,14-15-23)16-18(24)17-29(26,27)28;/h3-4,18,23-24H,2,5-17H2,1H3;/q;+1/b4-3+;. The Balaban J connectivity index is 0.00000841. The predicted octanol–water partition coefficient (Wildman–Crippen LogP) is -1.62. The molecule has 0 amide bonds. The summed E-state index contributed by atoms with van der Waals surface area (Å²) in [5, 5.41) is 19.5. The van der Waals surface area contributed by atoms with E-state index < -0.39 is 22.0 Å². The summed E-state index contributed by atoms with van der Waals surface area (Å²) < 4.78 is 32.7. The fraction of sp³-hybridized carbons (Fsp3) is 0.800. The van der Waals surface area contributed by atoms with Gasteiger partial charge in [-0.05, 0) is 25.7 Å². The van der Waals surface area contributed by atoms with Crippen molar-refractivity contribution in [1.29, 1.82) is 0 Å². The average molecular weight is 456 g/mol. The Morgan fingerprint density at radius 2 is 1.90 bits per heavy atom. The van der Waals surface area contributed by atoms with Crippen molar-refractivity contribution in [1.82, 2.24) is 0 Å². The second-order valence-corrected chi connectivity index (χ2v) is 9.14. The van der Waals surface area contributed by atoms with Gasteiger partial charge in [-0.25, -0.2) is 13.4 Å². The summed E-state index contributed by atoms with van der Waals surface area (Å²) in [6.07, 6.45) is 10.5. The van der Waals surface area contributed by atoms with E-state index >= 15 is 0 Å². The van der Waals surface area contributed by atoms with Crippen molar-refractivity contribution < 1.29 is 62.0 Å². The number of carbonyl (C=O) groups excluding carboxylic acids is 1. The molecule has 1 rings (SSSR count). The topological polar surface area (TPSA) is 127 Å². The van der Waals surface area contributed by atoms with Gasteiger partial charge in [-0.3, -0.25) is 9.28 Å². The molecule has 168 valence electrons. The number of ketones is 1. The van der Waals surface area contributed by atoms with Crippen molar-refractivity contribution in [3.8, 4) is 0 Å². The molecular formula is C20H36N2NaO6S+. The van der Waals surface area contributed by atoms with Gasteiger partial charge in [-0.2, -0.15) is 0 Å². The molecule has 2 N–H and O–H groups in total. The number of amidine groups is 1. The van der Waals surface area contributed by atoms with Crippen LogP contribution >= 0.6 is 0 Å². The molecule has 1 aliphatic heterocycles. The first kappa shape index (κ1) is 29.9. The summed E-state index contributed by atoms with van der Waals surface area (Å²) in [7, 11) is -4.58. The largest absolute Gasteiger partial charge is 1.00 e. The summed E-state index contributed by atoms with van der Waals surface area (Å²) in [5.41, 5.74) is 0. The van der Waals surface area contributed by atoms with Crippen LogP contribution in [-0.2, 0) is 14.9 Å². The second-order valence-electron chi connectivity index (χ2n) is 7.69. The van der Waals surface area contributed by atoms with Crippen LogP contribution in [0.1, 0.15) is 58.3 Å². The Morgan fingerprint density at radius 1 is 1.23 bits per heavy atom. The van der Waals surface area contributed by atoms with Crippen LogP contribution in [0.3, 0.4) is 0 Å². The quantitative estimate of drug-likeness (QED) is 0.0947. The molecule has 0 aromatic heterocycles. The number of hydrogen-bond donors (Lipinski definition) is 2. The van der Waals surface area contributed by atoms with Gasteiger partial charge in [0, 0.05) is 6.42 Å². The van der Waals surface area contributed by atoms with E-state index in [1.54, 1.807) is 0 Å². The van der Waals surface area contributed by atoms with Crippen LogP contribution in [-0.4, -0.2) is 83.9 Å². The number of hydrogen-bond acceptors (Lipinski definition) is 7. The number of nitrogens with zero attached hydrogens (tertiary/aromatic N) is 2. The third-order valence-corrected chi connectivity index (χ3v) is 5.94. The molecule has 8 nitrogen and oxygen atoms in total. The maximum absolute atomic E-state index is 12.7. The van der Waals surface area contributed by atoms with Crippen LogP contribution in [0.25, 0.3) is 0 Å². The number of rotatable bonds is 16. The molecule has 1 heterocycles. The Labute approximate surface area is 203 Å². The zero-order valence-corrected chi connectivity index (χ0v) is 21.3. The number of aliphatic hydroxyl groups is 2. The summed E-state index contributed by atoms with van der Waals surface area (Å²) in [6.45, 7) is 2.72. The van der Waals surface area contributed by atoms with Crippen LogP contribution < -0.4 is 29.6 Å². The fourth-order valence-corrected chi connectivity index (χ4v) is 4.38. The zero-order chi connectivity index (χ0) is 21.8. The van der Waals surface area contributed by atoms with Crippen LogP contribution in [0.2, 0.25) is 0 Å². The molecule has 0 saturated carbocycles. The van der Waals surface area contributed by atoms with Crippen LogP contribution in [0.4, 0.5) is 0 Å². The van der Waals surface area contributed by atoms with E-state index in [-0.39, 0.29) is 65.4 Å². The van der Waals surface area contributed by atoms with E-state index in [4.69, 9.17) is 0 Å². The molecule has 10 heteroatoms. The minimum absolute atomic E-state index is 0. The van der Waals surface area contributed by atoms with Gasteiger partial charge in [0.2, 0.25) is 5.78 Å². The zero-order valence-electron chi connectivity index (χ0n) is 18.5. The van der Waals surface area contributed by atoms with Crippen molar-refractivity contribution in [2.75, 3.05) is 38.5 Å². The second kappa shape index (κ2) is 15.6. The van der Waals surface area contributed by atoms with Gasteiger partial charge in [0.25, 0.3) is 5.84 Å². The summed E-state index contributed by atoms with van der Waals surface area (Å²) in [6, 6.07) is 0. The smallest absolute Gasteiger partial charge is 0.748 e. The molecule has 2 unspecified atom stereocenters. The summed E-state index contributed by atoms with van der Waals surface area (Å²) in [5.74, 6) is -0.752. The van der Waals surface area contributed by atoms with Gasteiger partial charge in [-0.1, -0.05) is 38.3 Å². The molecule has 0 aromatic rings. The fourth-order valence-electron chi connectivity index (χ4n) is 3.80. The number of unbranched alkanes of at least 4 members (excludes halogenated alkanes) is 5. The maximum Gasteiger partial charge on any atom is 1.00 e. The Hall–Kier alpha value is -0.130. The predicted molar refractivity (Wildman–Crippen MR) is 112 cm³/mol. The molecule has 0 bridgehead atoms. The van der Waals surface area contributed by atoms with Crippen LogP contribution in [0.5, 0.6) is 0 Å². The minimum atomic E-state index is -4.58. The molecule has 0 saturated heterocycles. The van der Waals surface area contributed by atoms with Gasteiger partial charge in [-0.15, -0.1) is 0 Å². The normalized spacial score (nSPS) is 20.2. The van der Waals surface area contributed by atoms with Crippen molar-refractivity contribution >= 4 is 21.7 Å². The SMILES string of the molecule is CC/C=C/CCCCCCCC(=O)C1=NCC[N+]1(CCO)CC(O)CS(=O)(=O)[O-].[Na+]. The van der Waals surface area contributed by atoms with E-state index in [0.717, 1.165) is 44.9 Å². The Morgan fingerprint density at radius 3 is 2.53 bits per heavy atom. The van der Waals surface area contributed by atoms with Crippen molar-refractivity contribution in [3.63, 3.8) is 0 Å². The first-order chi connectivity index (χ1) is 13.7. The Kier molecular flexibility index (Phi) is 15.6. The minimum Gasteiger partial charge on any atom is -0.748 e. The van der Waals surface area contributed by atoms with Crippen molar-refractivity contribution in [3.05, 3.63) is 12.2 Å². The molecule has 1 aliphatic rings. The molecular weight excluding hydrogens is 419 g/mol. The molecule has 0 fully saturated rings. The van der Waals surface area contributed by atoms with Crippen molar-refractivity contribution in [2.45, 2.75) is 64.4 Å². The first-order valence-electron chi connectivity index (χ1n) is 10.6.